The Morgan fingerprint density at radius 2 is 1.93 bits per heavy atom. The third kappa shape index (κ3) is 4.49. The molecule has 142 valence electrons. The molecule has 2 aromatic carbocycles. The van der Waals surface area contributed by atoms with E-state index in [4.69, 9.17) is 21.1 Å². The summed E-state index contributed by atoms with van der Waals surface area (Å²) in [5.41, 5.74) is 0.819. The Morgan fingerprint density at radius 1 is 1.22 bits per heavy atom. The third-order valence-corrected chi connectivity index (χ3v) is 4.32. The van der Waals surface area contributed by atoms with E-state index in [1.807, 2.05) is 0 Å². The van der Waals surface area contributed by atoms with E-state index in [1.165, 1.54) is 43.5 Å². The van der Waals surface area contributed by atoms with Crippen LogP contribution in [0, 0.1) is 5.82 Å². The van der Waals surface area contributed by atoms with Crippen LogP contribution in [0.25, 0.3) is 0 Å². The standard InChI is InChI=1S/C19H17ClFNO5/c1-25-17(23)10-15(11-2-4-13(21)5-3-11)22-19(24)12-8-14(20)18-16(9-12)26-6-7-27-18/h2-5,8-9,15H,6-7,10H2,1H3,(H,22,24). The van der Waals surface area contributed by atoms with Crippen LogP contribution < -0.4 is 14.8 Å². The van der Waals surface area contributed by atoms with Crippen LogP contribution in [0.3, 0.4) is 0 Å². The topological polar surface area (TPSA) is 73.9 Å². The van der Waals surface area contributed by atoms with Gasteiger partial charge in [0.25, 0.3) is 5.91 Å². The van der Waals surface area contributed by atoms with Crippen LogP contribution in [0.2, 0.25) is 5.02 Å². The van der Waals surface area contributed by atoms with Gasteiger partial charge < -0.3 is 19.5 Å². The van der Waals surface area contributed by atoms with Gasteiger partial charge >= 0.3 is 5.97 Å². The molecule has 0 radical (unpaired) electrons. The van der Waals surface area contributed by atoms with Crippen LogP contribution in [0.15, 0.2) is 36.4 Å². The van der Waals surface area contributed by atoms with Gasteiger partial charge in [0, 0.05) is 5.56 Å². The summed E-state index contributed by atoms with van der Waals surface area (Å²) in [6.45, 7) is 0.735. The van der Waals surface area contributed by atoms with Crippen molar-refractivity contribution in [3.8, 4) is 11.5 Å². The van der Waals surface area contributed by atoms with Crippen LogP contribution in [0.1, 0.15) is 28.4 Å². The van der Waals surface area contributed by atoms with Gasteiger partial charge in [-0.05, 0) is 29.8 Å². The van der Waals surface area contributed by atoms with Gasteiger partial charge in [-0.1, -0.05) is 23.7 Å². The molecule has 1 heterocycles. The summed E-state index contributed by atoms with van der Waals surface area (Å²) in [5.74, 6) is -0.619. The maximum Gasteiger partial charge on any atom is 0.307 e. The predicted molar refractivity (Wildman–Crippen MR) is 95.7 cm³/mol. The lowest BCUT2D eigenvalue weighted by Crippen LogP contribution is -2.30. The quantitative estimate of drug-likeness (QED) is 0.789. The number of carbonyl (C=O) groups excluding carboxylic acids is 2. The minimum absolute atomic E-state index is 0.105. The molecule has 1 unspecified atom stereocenters. The fourth-order valence-electron chi connectivity index (χ4n) is 2.68. The molecule has 0 bridgehead atoms. The lowest BCUT2D eigenvalue weighted by molar-refractivity contribution is -0.141. The molecule has 0 aromatic heterocycles. The number of fused-ring (bicyclic) bond motifs is 1. The summed E-state index contributed by atoms with van der Waals surface area (Å²) in [4.78, 5) is 24.4. The Kier molecular flexibility index (Phi) is 5.81. The summed E-state index contributed by atoms with van der Waals surface area (Å²) < 4.78 is 28.8. The van der Waals surface area contributed by atoms with E-state index in [9.17, 15) is 14.0 Å². The highest BCUT2D eigenvalue weighted by atomic mass is 35.5. The average molecular weight is 394 g/mol. The highest BCUT2D eigenvalue weighted by Gasteiger charge is 2.23. The number of benzene rings is 2. The van der Waals surface area contributed by atoms with Gasteiger partial charge in [-0.3, -0.25) is 9.59 Å². The second-order valence-corrected chi connectivity index (χ2v) is 6.25. The molecule has 1 N–H and O–H groups in total. The summed E-state index contributed by atoms with van der Waals surface area (Å²) >= 11 is 6.17. The minimum Gasteiger partial charge on any atom is -0.486 e. The highest BCUT2D eigenvalue weighted by molar-refractivity contribution is 6.32. The molecule has 2 aromatic rings. The fraction of sp³-hybridized carbons (Fsp3) is 0.263. The summed E-state index contributed by atoms with van der Waals surface area (Å²) in [5, 5.41) is 3.00. The van der Waals surface area contributed by atoms with Crippen LogP contribution in [-0.2, 0) is 9.53 Å². The molecule has 1 amide bonds. The first-order chi connectivity index (χ1) is 13.0. The minimum atomic E-state index is -0.697. The van der Waals surface area contributed by atoms with Crippen LogP contribution >= 0.6 is 11.6 Å². The molecule has 1 atom stereocenters. The van der Waals surface area contributed by atoms with Crippen molar-refractivity contribution in [2.75, 3.05) is 20.3 Å². The van der Waals surface area contributed by atoms with Gasteiger partial charge in [-0.2, -0.15) is 0 Å². The number of amides is 1. The maximum absolute atomic E-state index is 13.2. The van der Waals surface area contributed by atoms with Gasteiger partial charge in [0.1, 0.15) is 19.0 Å². The molecule has 0 saturated heterocycles. The number of ether oxygens (including phenoxy) is 3. The zero-order chi connectivity index (χ0) is 19.4. The number of methoxy groups -OCH3 is 1. The molecule has 8 heteroatoms. The van der Waals surface area contributed by atoms with Crippen molar-refractivity contribution < 1.29 is 28.2 Å². The van der Waals surface area contributed by atoms with Crippen LogP contribution in [0.5, 0.6) is 11.5 Å². The highest BCUT2D eigenvalue weighted by Crippen LogP contribution is 2.38. The Bertz CT molecular complexity index is 856. The lowest BCUT2D eigenvalue weighted by Gasteiger charge is -2.21. The second-order valence-electron chi connectivity index (χ2n) is 5.84. The molecule has 6 nitrogen and oxygen atoms in total. The number of halogens is 2. The van der Waals surface area contributed by atoms with E-state index in [0.717, 1.165) is 0 Å². The maximum atomic E-state index is 13.2. The number of rotatable bonds is 5. The average Bonchev–Trinajstić information content (AvgIpc) is 2.67. The van der Waals surface area contributed by atoms with Crippen molar-refractivity contribution in [2.45, 2.75) is 12.5 Å². The van der Waals surface area contributed by atoms with Crippen LogP contribution in [-0.4, -0.2) is 32.2 Å². The largest absolute Gasteiger partial charge is 0.486 e. The number of hydrogen-bond donors (Lipinski definition) is 1. The van der Waals surface area contributed by atoms with E-state index < -0.39 is 23.7 Å². The Labute approximate surface area is 160 Å². The first-order valence-electron chi connectivity index (χ1n) is 8.20. The van der Waals surface area contributed by atoms with E-state index in [-0.39, 0.29) is 17.0 Å². The van der Waals surface area contributed by atoms with Crippen molar-refractivity contribution in [1.82, 2.24) is 5.32 Å². The van der Waals surface area contributed by atoms with Gasteiger partial charge in [-0.25, -0.2) is 4.39 Å². The Hall–Kier alpha value is -2.80. The lowest BCUT2D eigenvalue weighted by atomic mass is 10.0. The molecule has 0 fully saturated rings. The molecule has 3 rings (SSSR count). The first-order valence-corrected chi connectivity index (χ1v) is 8.58. The number of carbonyl (C=O) groups is 2. The fourth-order valence-corrected chi connectivity index (χ4v) is 2.95. The molecule has 0 aliphatic carbocycles. The van der Waals surface area contributed by atoms with E-state index in [2.05, 4.69) is 10.1 Å². The van der Waals surface area contributed by atoms with Crippen molar-refractivity contribution in [3.05, 3.63) is 58.4 Å². The summed E-state index contributed by atoms with van der Waals surface area (Å²) in [6, 6.07) is 7.80. The van der Waals surface area contributed by atoms with Crippen molar-refractivity contribution in [1.29, 1.82) is 0 Å². The SMILES string of the molecule is COC(=O)CC(NC(=O)c1cc(Cl)c2c(c1)OCCO2)c1ccc(F)cc1. The second kappa shape index (κ2) is 8.26. The third-order valence-electron chi connectivity index (χ3n) is 4.04. The van der Waals surface area contributed by atoms with Crippen molar-refractivity contribution >= 4 is 23.5 Å². The van der Waals surface area contributed by atoms with Gasteiger partial charge in [0.05, 0.1) is 24.6 Å². The van der Waals surface area contributed by atoms with E-state index in [0.29, 0.717) is 30.3 Å². The van der Waals surface area contributed by atoms with E-state index in [1.54, 1.807) is 0 Å². The predicted octanol–water partition coefficient (Wildman–Crippen LogP) is 3.28. The zero-order valence-corrected chi connectivity index (χ0v) is 15.2. The number of nitrogens with one attached hydrogen (secondary N) is 1. The van der Waals surface area contributed by atoms with Crippen molar-refractivity contribution in [2.24, 2.45) is 0 Å². The summed E-state index contributed by atoms with van der Waals surface area (Å²) in [7, 11) is 1.26. The molecule has 1 aliphatic rings. The van der Waals surface area contributed by atoms with Gasteiger partial charge in [0.2, 0.25) is 0 Å². The Balaban J connectivity index is 1.84. The molecular weight excluding hydrogens is 377 g/mol. The molecule has 0 saturated carbocycles. The van der Waals surface area contributed by atoms with Crippen molar-refractivity contribution in [3.63, 3.8) is 0 Å². The smallest absolute Gasteiger partial charge is 0.307 e. The molecule has 1 aliphatic heterocycles. The van der Waals surface area contributed by atoms with E-state index >= 15 is 0 Å². The molecule has 0 spiro atoms. The Morgan fingerprint density at radius 3 is 2.63 bits per heavy atom. The normalized spacial score (nSPS) is 13.6. The number of hydrogen-bond acceptors (Lipinski definition) is 5. The monoisotopic (exact) mass is 393 g/mol. The first kappa shape index (κ1) is 19.0. The van der Waals surface area contributed by atoms with Crippen LogP contribution in [0.4, 0.5) is 4.39 Å². The molecular formula is C19H17ClFNO5. The van der Waals surface area contributed by atoms with Gasteiger partial charge in [-0.15, -0.1) is 0 Å². The summed E-state index contributed by atoms with van der Waals surface area (Å²) in [6.07, 6.45) is -0.105. The zero-order valence-electron chi connectivity index (χ0n) is 14.5. The molecule has 27 heavy (non-hydrogen) atoms. The number of esters is 1. The van der Waals surface area contributed by atoms with Gasteiger partial charge in [0.15, 0.2) is 11.5 Å².